The van der Waals surface area contributed by atoms with Crippen molar-refractivity contribution in [1.29, 1.82) is 0 Å². The number of guanidine groups is 1. The molecule has 1 aliphatic carbocycles. The van der Waals surface area contributed by atoms with Gasteiger partial charge in [0.2, 0.25) is 0 Å². The Labute approximate surface area is 151 Å². The maximum Gasteiger partial charge on any atom is 0.191 e. The van der Waals surface area contributed by atoms with E-state index < -0.39 is 0 Å². The minimum Gasteiger partial charge on any atom is -0.357 e. The van der Waals surface area contributed by atoms with Crippen LogP contribution >= 0.6 is 24.0 Å². The Kier molecular flexibility index (Phi) is 9.43. The summed E-state index contributed by atoms with van der Waals surface area (Å²) in [5, 5.41) is 6.82. The van der Waals surface area contributed by atoms with Crippen molar-refractivity contribution in [3.63, 3.8) is 0 Å². The van der Waals surface area contributed by atoms with Crippen LogP contribution in [0.25, 0.3) is 0 Å². The van der Waals surface area contributed by atoms with Gasteiger partial charge in [-0.2, -0.15) is 0 Å². The quantitative estimate of drug-likeness (QED) is 0.438. The third-order valence-electron chi connectivity index (χ3n) is 4.29. The number of hydrogen-bond acceptors (Lipinski definition) is 2. The van der Waals surface area contributed by atoms with Crippen molar-refractivity contribution in [2.45, 2.75) is 46.1 Å². The van der Waals surface area contributed by atoms with Gasteiger partial charge in [-0.15, -0.1) is 24.0 Å². The maximum absolute atomic E-state index is 4.63. The second kappa shape index (κ2) is 10.8. The Bertz CT molecular complexity index is 436. The van der Waals surface area contributed by atoms with E-state index >= 15 is 0 Å². The highest BCUT2D eigenvalue weighted by atomic mass is 127. The summed E-state index contributed by atoms with van der Waals surface area (Å²) in [4.78, 5) is 8.94. The minimum atomic E-state index is 0. The highest BCUT2D eigenvalue weighted by Gasteiger charge is 2.21. The molecule has 5 heteroatoms. The zero-order valence-corrected chi connectivity index (χ0v) is 16.0. The monoisotopic (exact) mass is 416 g/mol. The molecule has 0 saturated heterocycles. The van der Waals surface area contributed by atoms with Crippen LogP contribution in [0.5, 0.6) is 0 Å². The molecule has 1 aromatic rings. The largest absolute Gasteiger partial charge is 0.357 e. The van der Waals surface area contributed by atoms with Gasteiger partial charge in [0.15, 0.2) is 5.96 Å². The number of hydrogen-bond donors (Lipinski definition) is 2. The van der Waals surface area contributed by atoms with Crippen molar-refractivity contribution in [3.8, 4) is 0 Å². The van der Waals surface area contributed by atoms with E-state index in [1.54, 1.807) is 0 Å². The molecule has 1 fully saturated rings. The fourth-order valence-electron chi connectivity index (χ4n) is 2.92. The fourth-order valence-corrected chi connectivity index (χ4v) is 2.92. The topological polar surface area (TPSA) is 49.3 Å². The third-order valence-corrected chi connectivity index (χ3v) is 4.29. The van der Waals surface area contributed by atoms with E-state index in [1.165, 1.54) is 25.7 Å². The van der Waals surface area contributed by atoms with Crippen molar-refractivity contribution in [2.24, 2.45) is 16.8 Å². The lowest BCUT2D eigenvalue weighted by atomic mass is 9.80. The van der Waals surface area contributed by atoms with Gasteiger partial charge in [-0.25, -0.2) is 4.99 Å². The zero-order chi connectivity index (χ0) is 14.9. The van der Waals surface area contributed by atoms with E-state index in [1.807, 2.05) is 24.4 Å². The van der Waals surface area contributed by atoms with E-state index in [0.717, 1.165) is 36.6 Å². The maximum atomic E-state index is 4.63. The molecule has 0 aromatic carbocycles. The summed E-state index contributed by atoms with van der Waals surface area (Å²) >= 11 is 0. The molecule has 0 spiro atoms. The SMILES string of the molecule is CCNC(=NCc1ccccn1)NCC1CCCCC1C.I. The first-order valence-electron chi connectivity index (χ1n) is 8.21. The van der Waals surface area contributed by atoms with Crippen LogP contribution in [0.4, 0.5) is 0 Å². The second-order valence-electron chi connectivity index (χ2n) is 5.92. The zero-order valence-electron chi connectivity index (χ0n) is 13.7. The molecule has 4 nitrogen and oxygen atoms in total. The molecule has 2 atom stereocenters. The van der Waals surface area contributed by atoms with E-state index in [-0.39, 0.29) is 24.0 Å². The Morgan fingerprint density at radius 1 is 1.27 bits per heavy atom. The van der Waals surface area contributed by atoms with E-state index in [0.29, 0.717) is 6.54 Å². The van der Waals surface area contributed by atoms with Gasteiger partial charge in [0.25, 0.3) is 0 Å². The Balaban J connectivity index is 0.00000242. The molecule has 2 rings (SSSR count). The molecule has 1 saturated carbocycles. The number of rotatable bonds is 5. The number of pyridine rings is 1. The van der Waals surface area contributed by atoms with Crippen molar-refractivity contribution >= 4 is 29.9 Å². The summed E-state index contributed by atoms with van der Waals surface area (Å²) in [6, 6.07) is 5.94. The standard InChI is InChI=1S/C17H28N4.HI/c1-3-18-17(21-13-16-10-6-7-11-19-16)20-12-15-9-5-4-8-14(15)2;/h6-7,10-11,14-15H,3-5,8-9,12-13H2,1-2H3,(H2,18,20,21);1H. The van der Waals surface area contributed by atoms with Gasteiger partial charge in [0.05, 0.1) is 12.2 Å². The summed E-state index contributed by atoms with van der Waals surface area (Å²) in [5.74, 6) is 2.50. The highest BCUT2D eigenvalue weighted by Crippen LogP contribution is 2.28. The first-order valence-corrected chi connectivity index (χ1v) is 8.21. The van der Waals surface area contributed by atoms with Gasteiger partial charge in [0, 0.05) is 19.3 Å². The van der Waals surface area contributed by atoms with Crippen LogP contribution in [0, 0.1) is 11.8 Å². The third kappa shape index (κ3) is 6.50. The predicted molar refractivity (Wildman–Crippen MR) is 104 cm³/mol. The summed E-state index contributed by atoms with van der Waals surface area (Å²) in [6.07, 6.45) is 7.29. The van der Waals surface area contributed by atoms with Gasteiger partial charge in [-0.1, -0.05) is 32.3 Å². The lowest BCUT2D eigenvalue weighted by Gasteiger charge is -2.29. The predicted octanol–water partition coefficient (Wildman–Crippen LogP) is 3.58. The highest BCUT2D eigenvalue weighted by molar-refractivity contribution is 14.0. The molecule has 1 heterocycles. The van der Waals surface area contributed by atoms with Crippen molar-refractivity contribution in [2.75, 3.05) is 13.1 Å². The van der Waals surface area contributed by atoms with Crippen LogP contribution in [0.1, 0.15) is 45.2 Å². The van der Waals surface area contributed by atoms with E-state index in [4.69, 9.17) is 0 Å². The average Bonchev–Trinajstić information content (AvgIpc) is 2.52. The first-order chi connectivity index (χ1) is 10.3. The Morgan fingerprint density at radius 3 is 2.77 bits per heavy atom. The number of halogens is 1. The van der Waals surface area contributed by atoms with Gasteiger partial charge < -0.3 is 10.6 Å². The van der Waals surface area contributed by atoms with E-state index in [2.05, 4.69) is 34.5 Å². The summed E-state index contributed by atoms with van der Waals surface area (Å²) in [5.41, 5.74) is 1.00. The van der Waals surface area contributed by atoms with Crippen molar-refractivity contribution in [1.82, 2.24) is 15.6 Å². The molecular weight excluding hydrogens is 387 g/mol. The molecule has 1 aliphatic rings. The molecule has 0 bridgehead atoms. The molecule has 0 amide bonds. The average molecular weight is 416 g/mol. The molecule has 0 radical (unpaired) electrons. The number of aliphatic imine (C=N–C) groups is 1. The van der Waals surface area contributed by atoms with Crippen molar-refractivity contribution < 1.29 is 0 Å². The molecule has 0 aliphatic heterocycles. The number of aromatic nitrogens is 1. The molecule has 1 aromatic heterocycles. The molecule has 124 valence electrons. The van der Waals surface area contributed by atoms with Crippen LogP contribution in [-0.4, -0.2) is 24.0 Å². The van der Waals surface area contributed by atoms with Gasteiger partial charge in [-0.3, -0.25) is 4.98 Å². The van der Waals surface area contributed by atoms with Gasteiger partial charge in [-0.05, 0) is 37.3 Å². The minimum absolute atomic E-state index is 0. The van der Waals surface area contributed by atoms with Crippen LogP contribution in [0.3, 0.4) is 0 Å². The second-order valence-corrected chi connectivity index (χ2v) is 5.92. The number of nitrogens with zero attached hydrogens (tertiary/aromatic N) is 2. The number of nitrogens with one attached hydrogen (secondary N) is 2. The molecule has 22 heavy (non-hydrogen) atoms. The first kappa shape index (κ1) is 19.2. The lowest BCUT2D eigenvalue weighted by molar-refractivity contribution is 0.256. The summed E-state index contributed by atoms with van der Waals surface area (Å²) in [6.45, 7) is 7.00. The normalized spacial score (nSPS) is 21.8. The lowest BCUT2D eigenvalue weighted by Crippen LogP contribution is -2.41. The van der Waals surface area contributed by atoms with Crippen LogP contribution < -0.4 is 10.6 Å². The van der Waals surface area contributed by atoms with Crippen molar-refractivity contribution in [3.05, 3.63) is 30.1 Å². The van der Waals surface area contributed by atoms with E-state index in [9.17, 15) is 0 Å². The van der Waals surface area contributed by atoms with Crippen LogP contribution in [0.15, 0.2) is 29.4 Å². The smallest absolute Gasteiger partial charge is 0.191 e. The Morgan fingerprint density at radius 2 is 2.09 bits per heavy atom. The Hall–Kier alpha value is -0.850. The van der Waals surface area contributed by atoms with Crippen LogP contribution in [-0.2, 0) is 6.54 Å². The van der Waals surface area contributed by atoms with Gasteiger partial charge in [0.1, 0.15) is 0 Å². The van der Waals surface area contributed by atoms with Gasteiger partial charge >= 0.3 is 0 Å². The summed E-state index contributed by atoms with van der Waals surface area (Å²) < 4.78 is 0. The fraction of sp³-hybridized carbons (Fsp3) is 0.647. The molecular formula is C17H29IN4. The molecule has 2 unspecified atom stereocenters. The molecule has 2 N–H and O–H groups in total. The van der Waals surface area contributed by atoms with Crippen LogP contribution in [0.2, 0.25) is 0 Å². The summed E-state index contributed by atoms with van der Waals surface area (Å²) in [7, 11) is 0.